The molecule has 0 saturated heterocycles. The van der Waals surface area contributed by atoms with Crippen LogP contribution in [-0.4, -0.2) is 28.2 Å². The lowest BCUT2D eigenvalue weighted by Gasteiger charge is -2.59. The molecular formula is C21H29NO3. The van der Waals surface area contributed by atoms with Crippen molar-refractivity contribution in [3.05, 3.63) is 34.9 Å². The monoisotopic (exact) mass is 343 g/mol. The van der Waals surface area contributed by atoms with E-state index < -0.39 is 0 Å². The lowest BCUT2D eigenvalue weighted by atomic mass is 9.47. The summed E-state index contributed by atoms with van der Waals surface area (Å²) in [6.45, 7) is 0.742. The van der Waals surface area contributed by atoms with E-state index in [1.807, 2.05) is 6.07 Å². The molecule has 5 aliphatic rings. The highest BCUT2D eigenvalue weighted by molar-refractivity contribution is 5.37. The first kappa shape index (κ1) is 16.2. The van der Waals surface area contributed by atoms with E-state index in [0.717, 1.165) is 34.8 Å². The number of benzene rings is 1. The molecule has 4 fully saturated rings. The van der Waals surface area contributed by atoms with Crippen LogP contribution in [0.4, 0.5) is 0 Å². The normalized spacial score (nSPS) is 39.0. The number of aliphatic hydroxyl groups is 1. The SMILES string of the molecule is OCN(O)Cc1cccc2c1CC(C13CC4CC(CC(C4)C1)C3)OC2. The number of ether oxygens (including phenoxy) is 1. The summed E-state index contributed by atoms with van der Waals surface area (Å²) < 4.78 is 6.45. The molecule has 2 N–H and O–H groups in total. The fraction of sp³-hybridized carbons (Fsp3) is 0.714. The molecule has 0 spiro atoms. The summed E-state index contributed by atoms with van der Waals surface area (Å²) in [6.07, 6.45) is 9.78. The van der Waals surface area contributed by atoms with Gasteiger partial charge in [-0.3, -0.25) is 0 Å². The fourth-order valence-electron chi connectivity index (χ4n) is 6.88. The first-order chi connectivity index (χ1) is 12.1. The zero-order valence-electron chi connectivity index (χ0n) is 14.9. The Hall–Kier alpha value is -0.940. The highest BCUT2D eigenvalue weighted by Gasteiger charge is 2.55. The lowest BCUT2D eigenvalue weighted by Crippen LogP contribution is -2.53. The third kappa shape index (κ3) is 2.74. The Bertz CT molecular complexity index is 623. The summed E-state index contributed by atoms with van der Waals surface area (Å²) in [6, 6.07) is 6.27. The van der Waals surface area contributed by atoms with Gasteiger partial charge in [0.05, 0.1) is 19.3 Å². The molecule has 4 saturated carbocycles. The van der Waals surface area contributed by atoms with Gasteiger partial charge < -0.3 is 15.1 Å². The van der Waals surface area contributed by atoms with E-state index in [9.17, 15) is 5.21 Å². The van der Waals surface area contributed by atoms with E-state index in [1.165, 1.54) is 49.7 Å². The van der Waals surface area contributed by atoms with Gasteiger partial charge in [-0.1, -0.05) is 18.2 Å². The first-order valence-corrected chi connectivity index (χ1v) is 9.91. The minimum absolute atomic E-state index is 0.329. The maximum atomic E-state index is 9.76. The van der Waals surface area contributed by atoms with Crippen LogP contribution < -0.4 is 0 Å². The van der Waals surface area contributed by atoms with Crippen LogP contribution in [0.15, 0.2) is 18.2 Å². The van der Waals surface area contributed by atoms with Crippen LogP contribution in [0.25, 0.3) is 0 Å². The van der Waals surface area contributed by atoms with Crippen molar-refractivity contribution < 1.29 is 15.1 Å². The minimum Gasteiger partial charge on any atom is -0.379 e. The molecule has 0 aromatic heterocycles. The summed E-state index contributed by atoms with van der Waals surface area (Å²) in [5.41, 5.74) is 4.13. The van der Waals surface area contributed by atoms with Gasteiger partial charge in [0.2, 0.25) is 0 Å². The molecule has 136 valence electrons. The van der Waals surface area contributed by atoms with Crippen molar-refractivity contribution in [2.75, 3.05) is 6.73 Å². The van der Waals surface area contributed by atoms with Crippen molar-refractivity contribution >= 4 is 0 Å². The average molecular weight is 343 g/mol. The number of hydroxylamine groups is 2. The second-order valence-corrected chi connectivity index (χ2v) is 9.14. The van der Waals surface area contributed by atoms with E-state index in [2.05, 4.69) is 12.1 Å². The summed E-state index contributed by atoms with van der Waals surface area (Å²) in [5.74, 6) is 2.82. The zero-order chi connectivity index (χ0) is 17.0. The highest BCUT2D eigenvalue weighted by Crippen LogP contribution is 2.62. The Labute approximate surface area is 149 Å². The number of rotatable bonds is 4. The third-order valence-electron chi connectivity index (χ3n) is 7.48. The Balaban J connectivity index is 1.42. The molecule has 1 aromatic rings. The Kier molecular flexibility index (Phi) is 3.93. The third-order valence-corrected chi connectivity index (χ3v) is 7.48. The largest absolute Gasteiger partial charge is 0.379 e. The van der Waals surface area contributed by atoms with E-state index in [1.54, 1.807) is 0 Å². The number of hydrogen-bond donors (Lipinski definition) is 2. The Morgan fingerprint density at radius 2 is 1.76 bits per heavy atom. The van der Waals surface area contributed by atoms with Crippen molar-refractivity contribution in [2.24, 2.45) is 23.2 Å². The lowest BCUT2D eigenvalue weighted by molar-refractivity contribution is -0.154. The molecule has 1 aromatic carbocycles. The van der Waals surface area contributed by atoms with Crippen molar-refractivity contribution in [3.63, 3.8) is 0 Å². The molecule has 0 amide bonds. The molecule has 1 atom stereocenters. The number of hydrogen-bond acceptors (Lipinski definition) is 4. The quantitative estimate of drug-likeness (QED) is 0.649. The van der Waals surface area contributed by atoms with Gasteiger partial charge in [-0.25, -0.2) is 0 Å². The predicted molar refractivity (Wildman–Crippen MR) is 93.7 cm³/mol. The highest BCUT2D eigenvalue weighted by atomic mass is 16.5. The molecule has 4 nitrogen and oxygen atoms in total. The molecule has 1 heterocycles. The van der Waals surface area contributed by atoms with Crippen LogP contribution >= 0.6 is 0 Å². The van der Waals surface area contributed by atoms with Crippen molar-refractivity contribution in [2.45, 2.75) is 64.2 Å². The maximum Gasteiger partial charge on any atom is 0.119 e. The second kappa shape index (κ2) is 6.05. The molecular weight excluding hydrogens is 314 g/mol. The van der Waals surface area contributed by atoms with Crippen molar-refractivity contribution in [3.8, 4) is 0 Å². The van der Waals surface area contributed by atoms with Crippen LogP contribution in [0, 0.1) is 23.2 Å². The van der Waals surface area contributed by atoms with Gasteiger partial charge in [0.1, 0.15) is 6.73 Å². The summed E-state index contributed by atoms with van der Waals surface area (Å²) in [7, 11) is 0. The Morgan fingerprint density at radius 1 is 1.08 bits per heavy atom. The fourth-order valence-corrected chi connectivity index (χ4v) is 6.88. The molecule has 0 radical (unpaired) electrons. The minimum atomic E-state index is -0.335. The van der Waals surface area contributed by atoms with Gasteiger partial charge in [0, 0.05) is 0 Å². The topological polar surface area (TPSA) is 52.9 Å². The average Bonchev–Trinajstić information content (AvgIpc) is 2.60. The molecule has 1 aliphatic heterocycles. The molecule has 4 heteroatoms. The van der Waals surface area contributed by atoms with Gasteiger partial charge in [-0.2, -0.15) is 5.06 Å². The molecule has 4 bridgehead atoms. The van der Waals surface area contributed by atoms with Crippen LogP contribution in [0.5, 0.6) is 0 Å². The number of aliphatic hydroxyl groups excluding tert-OH is 1. The molecule has 1 unspecified atom stereocenters. The van der Waals surface area contributed by atoms with Gasteiger partial charge in [-0.05, 0) is 84.8 Å². The van der Waals surface area contributed by atoms with E-state index in [-0.39, 0.29) is 6.73 Å². The molecule has 4 aliphatic carbocycles. The molecule has 6 rings (SSSR count). The predicted octanol–water partition coefficient (Wildman–Crippen LogP) is 3.49. The van der Waals surface area contributed by atoms with E-state index in [0.29, 0.717) is 24.7 Å². The Morgan fingerprint density at radius 3 is 2.40 bits per heavy atom. The second-order valence-electron chi connectivity index (χ2n) is 9.14. The summed E-state index contributed by atoms with van der Waals surface area (Å²) >= 11 is 0. The van der Waals surface area contributed by atoms with Crippen LogP contribution in [0.2, 0.25) is 0 Å². The maximum absolute atomic E-state index is 9.76. The summed E-state index contributed by atoms with van der Waals surface area (Å²) in [4.78, 5) is 0. The first-order valence-electron chi connectivity index (χ1n) is 9.91. The van der Waals surface area contributed by atoms with Crippen LogP contribution in [-0.2, 0) is 24.3 Å². The smallest absolute Gasteiger partial charge is 0.119 e. The number of nitrogens with zero attached hydrogens (tertiary/aromatic N) is 1. The van der Waals surface area contributed by atoms with Gasteiger partial charge >= 0.3 is 0 Å². The zero-order valence-corrected chi connectivity index (χ0v) is 14.9. The van der Waals surface area contributed by atoms with Gasteiger partial charge in [0.15, 0.2) is 0 Å². The van der Waals surface area contributed by atoms with Crippen molar-refractivity contribution in [1.29, 1.82) is 0 Å². The molecule has 25 heavy (non-hydrogen) atoms. The van der Waals surface area contributed by atoms with E-state index in [4.69, 9.17) is 9.84 Å². The van der Waals surface area contributed by atoms with Crippen LogP contribution in [0.1, 0.15) is 55.2 Å². The summed E-state index contributed by atoms with van der Waals surface area (Å²) in [5, 5.41) is 19.9. The van der Waals surface area contributed by atoms with Crippen LogP contribution in [0.3, 0.4) is 0 Å². The van der Waals surface area contributed by atoms with Crippen molar-refractivity contribution in [1.82, 2.24) is 5.06 Å². The van der Waals surface area contributed by atoms with E-state index >= 15 is 0 Å². The standard InChI is InChI=1S/C21H29NO3/c23-13-22(24)11-17-2-1-3-18-12-25-20(7-19(17)18)21-8-14-4-15(9-21)6-16(5-14)10-21/h1-3,14-16,20,23-24H,4-13H2. The van der Waals surface area contributed by atoms with Gasteiger partial charge in [0.25, 0.3) is 0 Å². The number of fused-ring (bicyclic) bond motifs is 1. The van der Waals surface area contributed by atoms with Gasteiger partial charge in [-0.15, -0.1) is 0 Å².